The third-order valence-electron chi connectivity index (χ3n) is 5.95. The second kappa shape index (κ2) is 7.34. The Bertz CT molecular complexity index is 1140. The van der Waals surface area contributed by atoms with E-state index in [4.69, 9.17) is 4.98 Å². The van der Waals surface area contributed by atoms with E-state index in [1.165, 1.54) is 11.1 Å². The topological polar surface area (TPSA) is 66.4 Å². The molecule has 2 aliphatic rings. The molecular weight excluding hydrogens is 404 g/mol. The molecule has 8 heteroatoms. The highest BCUT2D eigenvalue weighted by molar-refractivity contribution is 7.91. The Hall–Kier alpha value is -2.03. The fourth-order valence-corrected chi connectivity index (χ4v) is 7.20. The van der Waals surface area contributed by atoms with Crippen molar-refractivity contribution >= 4 is 37.2 Å². The van der Waals surface area contributed by atoms with E-state index in [2.05, 4.69) is 44.4 Å². The van der Waals surface area contributed by atoms with Gasteiger partial charge in [-0.05, 0) is 18.9 Å². The van der Waals surface area contributed by atoms with Crippen LogP contribution in [0.4, 0.5) is 5.82 Å². The zero-order chi connectivity index (χ0) is 20.0. The van der Waals surface area contributed by atoms with Crippen molar-refractivity contribution in [3.8, 4) is 11.1 Å². The van der Waals surface area contributed by atoms with Gasteiger partial charge in [-0.3, -0.25) is 4.90 Å². The van der Waals surface area contributed by atoms with E-state index < -0.39 is 9.84 Å². The fraction of sp³-hybridized carbons (Fsp3) is 0.429. The van der Waals surface area contributed by atoms with Crippen molar-refractivity contribution in [1.82, 2.24) is 14.9 Å². The number of hydrogen-bond donors (Lipinski definition) is 0. The van der Waals surface area contributed by atoms with Gasteiger partial charge in [0.2, 0.25) is 0 Å². The molecular formula is C21H24N4O2S2. The van der Waals surface area contributed by atoms with Crippen LogP contribution in [0, 0.1) is 6.92 Å². The molecule has 0 bridgehead atoms. The van der Waals surface area contributed by atoms with E-state index in [-0.39, 0.29) is 6.04 Å². The predicted molar refractivity (Wildman–Crippen MR) is 118 cm³/mol. The first kappa shape index (κ1) is 19.0. The lowest BCUT2D eigenvalue weighted by molar-refractivity contribution is 0.200. The Morgan fingerprint density at radius 2 is 1.83 bits per heavy atom. The maximum absolute atomic E-state index is 11.8. The van der Waals surface area contributed by atoms with Crippen LogP contribution in [0.5, 0.6) is 0 Å². The quantitative estimate of drug-likeness (QED) is 0.639. The molecule has 0 unspecified atom stereocenters. The van der Waals surface area contributed by atoms with Gasteiger partial charge in [-0.15, -0.1) is 11.3 Å². The Morgan fingerprint density at radius 3 is 2.52 bits per heavy atom. The molecule has 6 nitrogen and oxygen atoms in total. The van der Waals surface area contributed by atoms with Crippen molar-refractivity contribution in [3.05, 3.63) is 41.5 Å². The molecule has 1 atom stereocenters. The molecule has 0 saturated carbocycles. The van der Waals surface area contributed by atoms with Gasteiger partial charge < -0.3 is 4.90 Å². The summed E-state index contributed by atoms with van der Waals surface area (Å²) in [4.78, 5) is 15.2. The maximum Gasteiger partial charge on any atom is 0.151 e. The van der Waals surface area contributed by atoms with E-state index in [1.54, 1.807) is 11.3 Å². The highest BCUT2D eigenvalue weighted by Crippen LogP contribution is 2.38. The van der Waals surface area contributed by atoms with Crippen LogP contribution < -0.4 is 4.90 Å². The summed E-state index contributed by atoms with van der Waals surface area (Å²) in [6, 6.07) is 10.6. The number of nitrogens with zero attached hydrogens (tertiary/aromatic N) is 4. The molecule has 1 aromatic carbocycles. The van der Waals surface area contributed by atoms with Gasteiger partial charge in [0.25, 0.3) is 0 Å². The van der Waals surface area contributed by atoms with Crippen molar-refractivity contribution in [2.45, 2.75) is 19.4 Å². The number of rotatable bonds is 3. The molecule has 2 fully saturated rings. The molecule has 0 radical (unpaired) electrons. The van der Waals surface area contributed by atoms with E-state index >= 15 is 0 Å². The van der Waals surface area contributed by atoms with Crippen molar-refractivity contribution in [2.75, 3.05) is 42.6 Å². The minimum Gasteiger partial charge on any atom is -0.353 e. The highest BCUT2D eigenvalue weighted by Gasteiger charge is 2.34. The number of aryl methyl sites for hydroxylation is 1. The maximum atomic E-state index is 11.8. The van der Waals surface area contributed by atoms with Gasteiger partial charge in [0.15, 0.2) is 9.84 Å². The summed E-state index contributed by atoms with van der Waals surface area (Å²) in [6.07, 6.45) is 0.766. The molecule has 2 aromatic heterocycles. The normalized spacial score (nSPS) is 22.4. The van der Waals surface area contributed by atoms with Gasteiger partial charge in [-0.25, -0.2) is 18.4 Å². The van der Waals surface area contributed by atoms with Crippen molar-refractivity contribution in [3.63, 3.8) is 0 Å². The third-order valence-corrected chi connectivity index (χ3v) is 8.57. The van der Waals surface area contributed by atoms with E-state index in [0.29, 0.717) is 11.5 Å². The number of fused-ring (bicyclic) bond motifs is 1. The lowest BCUT2D eigenvalue weighted by atomic mass is 10.1. The van der Waals surface area contributed by atoms with Crippen LogP contribution in [-0.2, 0) is 9.84 Å². The smallest absolute Gasteiger partial charge is 0.151 e. The molecule has 0 N–H and O–H groups in total. The van der Waals surface area contributed by atoms with E-state index in [9.17, 15) is 8.42 Å². The number of anilines is 1. The number of sulfone groups is 1. The van der Waals surface area contributed by atoms with Crippen LogP contribution in [0.1, 0.15) is 12.2 Å². The van der Waals surface area contributed by atoms with Crippen molar-refractivity contribution < 1.29 is 8.42 Å². The summed E-state index contributed by atoms with van der Waals surface area (Å²) in [5.41, 5.74) is 2.37. The molecule has 0 spiro atoms. The lowest BCUT2D eigenvalue weighted by Gasteiger charge is -2.38. The summed E-state index contributed by atoms with van der Waals surface area (Å²) < 4.78 is 23.7. The minimum atomic E-state index is -2.85. The number of piperazine rings is 1. The Labute approximate surface area is 175 Å². The molecule has 152 valence electrons. The third kappa shape index (κ3) is 3.65. The summed E-state index contributed by atoms with van der Waals surface area (Å²) in [5.74, 6) is 2.44. The van der Waals surface area contributed by atoms with Crippen molar-refractivity contribution in [2.24, 2.45) is 0 Å². The summed E-state index contributed by atoms with van der Waals surface area (Å²) in [6.45, 7) is 5.40. The van der Waals surface area contributed by atoms with Gasteiger partial charge in [-0.2, -0.15) is 0 Å². The molecule has 2 saturated heterocycles. The SMILES string of the molecule is Cc1nc(N2CCN([C@H]3CCS(=O)(=O)C3)CC2)c2c(-c3ccccc3)csc2n1. The Morgan fingerprint density at radius 1 is 1.07 bits per heavy atom. The highest BCUT2D eigenvalue weighted by atomic mass is 32.2. The number of benzene rings is 1. The number of hydrogen-bond acceptors (Lipinski definition) is 7. The van der Waals surface area contributed by atoms with Crippen LogP contribution in [0.3, 0.4) is 0 Å². The molecule has 0 aliphatic carbocycles. The minimum absolute atomic E-state index is 0.176. The Balaban J connectivity index is 1.44. The van der Waals surface area contributed by atoms with Gasteiger partial charge >= 0.3 is 0 Å². The fourth-order valence-electron chi connectivity index (χ4n) is 4.45. The lowest BCUT2D eigenvalue weighted by Crippen LogP contribution is -2.51. The molecule has 5 rings (SSSR count). The molecule has 0 amide bonds. The van der Waals surface area contributed by atoms with Crippen LogP contribution in [0.2, 0.25) is 0 Å². The van der Waals surface area contributed by atoms with Gasteiger partial charge in [0.05, 0.1) is 16.9 Å². The molecule has 4 heterocycles. The molecule has 2 aliphatic heterocycles. The second-order valence-corrected chi connectivity index (χ2v) is 11.0. The van der Waals surface area contributed by atoms with Crippen molar-refractivity contribution in [1.29, 1.82) is 0 Å². The number of thiophene rings is 1. The van der Waals surface area contributed by atoms with Gasteiger partial charge in [0.1, 0.15) is 16.5 Å². The second-order valence-electron chi connectivity index (χ2n) is 7.87. The summed E-state index contributed by atoms with van der Waals surface area (Å²) in [5, 5.41) is 3.31. The summed E-state index contributed by atoms with van der Waals surface area (Å²) >= 11 is 1.67. The predicted octanol–water partition coefficient (Wildman–Crippen LogP) is 2.98. The first-order valence-corrected chi connectivity index (χ1v) is 12.7. The average molecular weight is 429 g/mol. The van der Waals surface area contributed by atoms with E-state index in [0.717, 1.165) is 54.5 Å². The molecule has 3 aromatic rings. The van der Waals surface area contributed by atoms with Crippen LogP contribution in [-0.4, -0.2) is 67.0 Å². The monoisotopic (exact) mass is 428 g/mol. The van der Waals surface area contributed by atoms with Crippen LogP contribution >= 0.6 is 11.3 Å². The summed E-state index contributed by atoms with van der Waals surface area (Å²) in [7, 11) is -2.85. The van der Waals surface area contributed by atoms with Gasteiger partial charge in [0, 0.05) is 43.2 Å². The Kier molecular flexibility index (Phi) is 4.80. The first-order valence-electron chi connectivity index (χ1n) is 10.0. The molecule has 29 heavy (non-hydrogen) atoms. The zero-order valence-corrected chi connectivity index (χ0v) is 18.0. The van der Waals surface area contributed by atoms with Gasteiger partial charge in [-0.1, -0.05) is 30.3 Å². The van der Waals surface area contributed by atoms with Crippen LogP contribution in [0.15, 0.2) is 35.7 Å². The standard InChI is InChI=1S/C21H24N4O2S2/c1-15-22-20(19-18(13-28-21(19)23-15)16-5-3-2-4-6-16)25-10-8-24(9-11-25)17-7-12-29(26,27)14-17/h2-6,13,17H,7-12,14H2,1H3/t17-/m0/s1. The first-order chi connectivity index (χ1) is 14.0. The average Bonchev–Trinajstić information content (AvgIpc) is 3.31. The zero-order valence-electron chi connectivity index (χ0n) is 16.4. The largest absolute Gasteiger partial charge is 0.353 e. The van der Waals surface area contributed by atoms with Crippen LogP contribution in [0.25, 0.3) is 21.3 Å². The number of aromatic nitrogens is 2. The van der Waals surface area contributed by atoms with E-state index in [1.807, 2.05) is 13.0 Å².